The number of fused-ring (bicyclic) bond motifs is 3. The van der Waals surface area contributed by atoms with E-state index in [0.29, 0.717) is 25.1 Å². The highest BCUT2D eigenvalue weighted by Gasteiger charge is 2.37. The Labute approximate surface area is 174 Å². The maximum absolute atomic E-state index is 13.3. The van der Waals surface area contributed by atoms with Gasteiger partial charge in [-0.15, -0.1) is 0 Å². The van der Waals surface area contributed by atoms with Crippen molar-refractivity contribution in [1.29, 1.82) is 0 Å². The number of aromatic nitrogens is 1. The normalized spacial score (nSPS) is 18.8. The van der Waals surface area contributed by atoms with Gasteiger partial charge in [0, 0.05) is 34.2 Å². The number of hydrogen-bond acceptors (Lipinski definition) is 3. The fourth-order valence-corrected chi connectivity index (χ4v) is 4.37. The van der Waals surface area contributed by atoms with Crippen molar-refractivity contribution in [3.8, 4) is 0 Å². The molecule has 0 aliphatic carbocycles. The highest BCUT2D eigenvalue weighted by Crippen LogP contribution is 2.41. The van der Waals surface area contributed by atoms with Crippen LogP contribution >= 0.6 is 15.9 Å². The Morgan fingerprint density at radius 3 is 2.79 bits per heavy atom. The average Bonchev–Trinajstić information content (AvgIpc) is 3.04. The van der Waals surface area contributed by atoms with E-state index in [9.17, 15) is 18.3 Å². The molecule has 2 atom stereocenters. The van der Waals surface area contributed by atoms with E-state index < -0.39 is 24.2 Å². The van der Waals surface area contributed by atoms with Crippen LogP contribution in [0.4, 0.5) is 13.2 Å². The van der Waals surface area contributed by atoms with Gasteiger partial charge in [-0.3, -0.25) is 0 Å². The second-order valence-corrected chi connectivity index (χ2v) is 7.92. The predicted octanol–water partition coefficient (Wildman–Crippen LogP) is 5.21. The molecule has 4 rings (SSSR count). The molecule has 0 fully saturated rings. The molecule has 0 radical (unpaired) electrons. The summed E-state index contributed by atoms with van der Waals surface area (Å²) in [7, 11) is 0. The third-order valence-electron chi connectivity index (χ3n) is 5.26. The molecule has 0 amide bonds. The van der Waals surface area contributed by atoms with E-state index >= 15 is 0 Å². The van der Waals surface area contributed by atoms with Crippen molar-refractivity contribution in [2.75, 3.05) is 13.2 Å². The van der Waals surface area contributed by atoms with E-state index in [1.54, 1.807) is 17.9 Å². The molecule has 2 aromatic carbocycles. The summed E-state index contributed by atoms with van der Waals surface area (Å²) in [5.41, 5.74) is 2.46. The number of alkyl halides is 3. The number of hydrogen-bond donors (Lipinski definition) is 2. The van der Waals surface area contributed by atoms with E-state index in [-0.39, 0.29) is 0 Å². The van der Waals surface area contributed by atoms with Crippen molar-refractivity contribution in [1.82, 2.24) is 9.88 Å². The molecule has 1 aromatic heterocycles. The fraction of sp³-hybridized carbons (Fsp3) is 0.333. The minimum absolute atomic E-state index is 0.291. The van der Waals surface area contributed by atoms with E-state index in [1.807, 2.05) is 18.2 Å². The zero-order chi connectivity index (χ0) is 20.8. The monoisotopic (exact) mass is 468 g/mol. The van der Waals surface area contributed by atoms with Gasteiger partial charge in [0.25, 0.3) is 0 Å². The minimum atomic E-state index is -4.44. The molecule has 4 nitrogen and oxygen atoms in total. The van der Waals surface area contributed by atoms with Crippen LogP contribution in [0.1, 0.15) is 35.3 Å². The molecular formula is C21H20BrF3N2O2. The topological polar surface area (TPSA) is 48.5 Å². The van der Waals surface area contributed by atoms with Gasteiger partial charge in [0.2, 0.25) is 6.41 Å². The summed E-state index contributed by atoms with van der Waals surface area (Å²) in [6.07, 6.45) is -5.01. The van der Waals surface area contributed by atoms with Crippen molar-refractivity contribution >= 4 is 26.8 Å². The fourth-order valence-electron chi connectivity index (χ4n) is 4.01. The highest BCUT2D eigenvalue weighted by atomic mass is 79.9. The molecule has 154 valence electrons. The zero-order valence-electron chi connectivity index (χ0n) is 15.6. The first-order valence-electron chi connectivity index (χ1n) is 9.32. The van der Waals surface area contributed by atoms with Crippen LogP contribution in [-0.4, -0.2) is 34.6 Å². The first kappa shape index (κ1) is 20.4. The molecule has 1 aliphatic heterocycles. The van der Waals surface area contributed by atoms with Crippen LogP contribution in [-0.2, 0) is 17.3 Å². The smallest absolute Gasteiger partial charge is 0.357 e. The zero-order valence-corrected chi connectivity index (χ0v) is 17.2. The summed E-state index contributed by atoms with van der Waals surface area (Å²) in [5.74, 6) is 0. The van der Waals surface area contributed by atoms with Gasteiger partial charge in [-0.25, -0.2) is 4.90 Å². The van der Waals surface area contributed by atoms with Crippen molar-refractivity contribution in [3.05, 3.63) is 69.3 Å². The van der Waals surface area contributed by atoms with Crippen molar-refractivity contribution in [2.45, 2.75) is 32.0 Å². The molecule has 8 heteroatoms. The molecule has 29 heavy (non-hydrogen) atoms. The van der Waals surface area contributed by atoms with E-state index in [0.717, 1.165) is 38.8 Å². The number of benzene rings is 2. The molecule has 1 aliphatic rings. The number of halogens is 4. The van der Waals surface area contributed by atoms with Gasteiger partial charge in [0.1, 0.15) is 0 Å². The molecule has 0 saturated carbocycles. The number of aliphatic hydroxyl groups excluding tert-OH is 1. The van der Waals surface area contributed by atoms with E-state index in [1.165, 1.54) is 6.07 Å². The maximum Gasteiger partial charge on any atom is 0.416 e. The number of ether oxygens (including phenoxy) is 1. The second-order valence-electron chi connectivity index (χ2n) is 7.00. The highest BCUT2D eigenvalue weighted by molar-refractivity contribution is 9.10. The lowest BCUT2D eigenvalue weighted by Crippen LogP contribution is -2.44. The number of rotatable bonds is 4. The van der Waals surface area contributed by atoms with Crippen LogP contribution in [0, 0.1) is 0 Å². The molecule has 0 saturated heterocycles. The quantitative estimate of drug-likeness (QED) is 0.516. The first-order chi connectivity index (χ1) is 13.8. The van der Waals surface area contributed by atoms with Gasteiger partial charge >= 0.3 is 6.18 Å². The van der Waals surface area contributed by atoms with Crippen LogP contribution in [0.25, 0.3) is 10.9 Å². The van der Waals surface area contributed by atoms with Gasteiger partial charge in [0.05, 0.1) is 11.6 Å². The second kappa shape index (κ2) is 7.75. The number of aliphatic hydroxyl groups is 1. The van der Waals surface area contributed by atoms with Crippen molar-refractivity contribution in [3.63, 3.8) is 0 Å². The van der Waals surface area contributed by atoms with Crippen LogP contribution in [0.3, 0.4) is 0 Å². The molecular weight excluding hydrogens is 449 g/mol. The third kappa shape index (κ3) is 3.82. The molecule has 2 N–H and O–H groups in total. The van der Waals surface area contributed by atoms with Gasteiger partial charge in [-0.2, -0.15) is 13.2 Å². The molecule has 3 aromatic rings. The Bertz CT molecular complexity index is 1030. The van der Waals surface area contributed by atoms with Gasteiger partial charge in [-0.1, -0.05) is 28.1 Å². The SMILES string of the molecule is CCOC(O)N1CCc2c([nH]c3ccc(Br)cc23)C1c1cccc(C(F)(F)F)c1. The summed E-state index contributed by atoms with van der Waals surface area (Å²) in [4.78, 5) is 5.05. The Kier molecular flexibility index (Phi) is 5.46. The van der Waals surface area contributed by atoms with E-state index in [2.05, 4.69) is 20.9 Å². The van der Waals surface area contributed by atoms with Crippen LogP contribution in [0.5, 0.6) is 0 Å². The van der Waals surface area contributed by atoms with E-state index in [4.69, 9.17) is 4.74 Å². The Morgan fingerprint density at radius 1 is 1.28 bits per heavy atom. The Balaban J connectivity index is 1.88. The van der Waals surface area contributed by atoms with Crippen molar-refractivity contribution < 1.29 is 23.0 Å². The largest absolute Gasteiger partial charge is 0.416 e. The summed E-state index contributed by atoms with van der Waals surface area (Å²) in [6, 6.07) is 10.5. The maximum atomic E-state index is 13.3. The first-order valence-corrected chi connectivity index (χ1v) is 10.1. The third-order valence-corrected chi connectivity index (χ3v) is 5.75. The average molecular weight is 469 g/mol. The molecule has 0 bridgehead atoms. The lowest BCUT2D eigenvalue weighted by atomic mass is 9.91. The lowest BCUT2D eigenvalue weighted by Gasteiger charge is -2.38. The number of H-pyrrole nitrogens is 1. The summed E-state index contributed by atoms with van der Waals surface area (Å²) in [5, 5.41) is 11.6. The van der Waals surface area contributed by atoms with Crippen LogP contribution < -0.4 is 0 Å². The van der Waals surface area contributed by atoms with Crippen LogP contribution in [0.2, 0.25) is 0 Å². The number of nitrogens with zero attached hydrogens (tertiary/aromatic N) is 1. The minimum Gasteiger partial charge on any atom is -0.357 e. The summed E-state index contributed by atoms with van der Waals surface area (Å²) >= 11 is 3.48. The van der Waals surface area contributed by atoms with Crippen LogP contribution in [0.15, 0.2) is 46.9 Å². The standard InChI is InChI=1S/C21H20BrF3N2O2/c1-2-29-20(28)27-9-8-15-16-11-14(22)6-7-17(16)26-18(15)19(27)12-4-3-5-13(10-12)21(23,24)25/h3-7,10-11,19-20,26,28H,2,8-9H2,1H3. The summed E-state index contributed by atoms with van der Waals surface area (Å²) < 4.78 is 46.3. The predicted molar refractivity (Wildman–Crippen MR) is 107 cm³/mol. The molecule has 0 spiro atoms. The molecule has 2 heterocycles. The Hall–Kier alpha value is -1.87. The Morgan fingerprint density at radius 2 is 2.07 bits per heavy atom. The van der Waals surface area contributed by atoms with Crippen molar-refractivity contribution in [2.24, 2.45) is 0 Å². The summed E-state index contributed by atoms with van der Waals surface area (Å²) in [6.45, 7) is 2.51. The van der Waals surface area contributed by atoms with Gasteiger partial charge < -0.3 is 14.8 Å². The number of nitrogens with one attached hydrogen (secondary N) is 1. The molecule has 2 unspecified atom stereocenters. The van der Waals surface area contributed by atoms with Gasteiger partial charge in [-0.05, 0) is 54.8 Å². The number of aromatic amines is 1. The lowest BCUT2D eigenvalue weighted by molar-refractivity contribution is -0.202. The van der Waals surface area contributed by atoms with Gasteiger partial charge in [0.15, 0.2) is 0 Å².